The minimum Gasteiger partial charge on any atom is -0.462 e. The van der Waals surface area contributed by atoms with Crippen LogP contribution in [0.3, 0.4) is 0 Å². The Morgan fingerprint density at radius 3 is 2.20 bits per heavy atom. The van der Waals surface area contributed by atoms with E-state index in [1.807, 2.05) is 20.8 Å². The molecule has 0 bridgehead atoms. The van der Waals surface area contributed by atoms with Crippen LogP contribution in [0.1, 0.15) is 34.6 Å². The third kappa shape index (κ3) is 9.48. The second-order valence-corrected chi connectivity index (χ2v) is 7.16. The number of nitrogens with one attached hydrogen (secondary N) is 2. The topological polar surface area (TPSA) is 83.0 Å². The number of carbonyl (C=O) groups is 2. The zero-order valence-electron chi connectivity index (χ0n) is 13.1. The molecule has 0 aromatic carbocycles. The lowest BCUT2D eigenvalue weighted by Gasteiger charge is -2.18. The SMILES string of the molecule is CC(C)OC(=NC(=O)N(C)C)NC(=O)NSC(C)(C)C. The summed E-state index contributed by atoms with van der Waals surface area (Å²) >= 11 is 1.26. The standard InChI is InChI=1S/C12H24N4O3S/c1-8(2)19-10(14-11(18)16(6)7)13-9(17)15-20-12(3,4)5/h8H,1-7H3,(H2,13,14,15,17,18). The number of hydrogen-bond donors (Lipinski definition) is 2. The van der Waals surface area contributed by atoms with Crippen molar-refractivity contribution < 1.29 is 14.3 Å². The van der Waals surface area contributed by atoms with E-state index in [2.05, 4.69) is 15.0 Å². The van der Waals surface area contributed by atoms with Crippen molar-refractivity contribution in [2.75, 3.05) is 14.1 Å². The van der Waals surface area contributed by atoms with E-state index in [1.165, 1.54) is 16.8 Å². The van der Waals surface area contributed by atoms with Gasteiger partial charge < -0.3 is 9.64 Å². The van der Waals surface area contributed by atoms with Gasteiger partial charge in [-0.2, -0.15) is 0 Å². The Morgan fingerprint density at radius 2 is 1.80 bits per heavy atom. The van der Waals surface area contributed by atoms with Gasteiger partial charge in [0, 0.05) is 18.8 Å². The number of aliphatic imine (C=N–C) groups is 1. The average molecular weight is 304 g/mol. The third-order valence-corrected chi connectivity index (χ3v) is 2.50. The van der Waals surface area contributed by atoms with Crippen LogP contribution in [-0.2, 0) is 4.74 Å². The second kappa shape index (κ2) is 7.98. The van der Waals surface area contributed by atoms with Gasteiger partial charge in [-0.25, -0.2) is 9.59 Å². The summed E-state index contributed by atoms with van der Waals surface area (Å²) < 4.78 is 7.79. The first-order chi connectivity index (χ1) is 9.01. The Bertz CT molecular complexity index is 375. The lowest BCUT2D eigenvalue weighted by Crippen LogP contribution is -2.41. The van der Waals surface area contributed by atoms with Crippen molar-refractivity contribution in [1.29, 1.82) is 0 Å². The van der Waals surface area contributed by atoms with Gasteiger partial charge in [0.1, 0.15) is 0 Å². The maximum atomic E-state index is 11.7. The first-order valence-corrected chi connectivity index (χ1v) is 7.04. The molecular formula is C12H24N4O3S. The van der Waals surface area contributed by atoms with Crippen LogP contribution in [0.5, 0.6) is 0 Å². The Labute approximate surface area is 124 Å². The molecule has 0 rings (SSSR count). The molecule has 0 spiro atoms. The van der Waals surface area contributed by atoms with Gasteiger partial charge >= 0.3 is 18.1 Å². The van der Waals surface area contributed by atoms with Crippen LogP contribution in [0, 0.1) is 0 Å². The van der Waals surface area contributed by atoms with E-state index in [1.54, 1.807) is 27.9 Å². The van der Waals surface area contributed by atoms with Gasteiger partial charge in [0.25, 0.3) is 0 Å². The number of carbonyl (C=O) groups excluding carboxylic acids is 2. The summed E-state index contributed by atoms with van der Waals surface area (Å²) in [7, 11) is 3.13. The van der Waals surface area contributed by atoms with Crippen molar-refractivity contribution in [1.82, 2.24) is 14.9 Å². The molecule has 2 N–H and O–H groups in total. The zero-order valence-corrected chi connectivity index (χ0v) is 13.9. The fourth-order valence-electron chi connectivity index (χ4n) is 0.816. The van der Waals surface area contributed by atoms with E-state index in [-0.39, 0.29) is 16.9 Å². The number of hydrogen-bond acceptors (Lipinski definition) is 4. The highest BCUT2D eigenvalue weighted by molar-refractivity contribution is 7.99. The fraction of sp³-hybridized carbons (Fsp3) is 0.750. The summed E-state index contributed by atoms with van der Waals surface area (Å²) in [5.74, 6) is 0. The summed E-state index contributed by atoms with van der Waals surface area (Å²) in [5, 5.41) is 2.42. The zero-order chi connectivity index (χ0) is 15.9. The molecule has 116 valence electrons. The molecule has 0 aliphatic heterocycles. The van der Waals surface area contributed by atoms with Crippen LogP contribution in [-0.4, -0.2) is 47.9 Å². The monoisotopic (exact) mass is 304 g/mol. The number of urea groups is 2. The van der Waals surface area contributed by atoms with Gasteiger partial charge in [-0.05, 0) is 46.6 Å². The highest BCUT2D eigenvalue weighted by Crippen LogP contribution is 2.18. The summed E-state index contributed by atoms with van der Waals surface area (Å²) in [4.78, 5) is 28.2. The van der Waals surface area contributed by atoms with Crippen LogP contribution < -0.4 is 10.0 Å². The lowest BCUT2D eigenvalue weighted by molar-refractivity contribution is 0.206. The van der Waals surface area contributed by atoms with Gasteiger partial charge in [0.05, 0.1) is 6.10 Å². The maximum absolute atomic E-state index is 11.7. The summed E-state index contributed by atoms with van der Waals surface area (Å²) in [5.41, 5.74) is 0. The molecule has 0 saturated carbocycles. The molecule has 0 aromatic heterocycles. The number of amides is 4. The Hall–Kier alpha value is -1.44. The molecule has 0 fully saturated rings. The van der Waals surface area contributed by atoms with E-state index in [0.717, 1.165) is 0 Å². The van der Waals surface area contributed by atoms with E-state index in [0.29, 0.717) is 0 Å². The smallest absolute Gasteiger partial charge is 0.347 e. The molecule has 0 saturated heterocycles. The second-order valence-electron chi connectivity index (χ2n) is 5.53. The van der Waals surface area contributed by atoms with Crippen LogP contribution >= 0.6 is 11.9 Å². The first kappa shape index (κ1) is 18.6. The Balaban J connectivity index is 4.66. The summed E-state index contributed by atoms with van der Waals surface area (Å²) in [6.45, 7) is 9.45. The molecule has 0 aromatic rings. The molecule has 0 aliphatic carbocycles. The lowest BCUT2D eigenvalue weighted by atomic mass is 10.3. The van der Waals surface area contributed by atoms with Crippen LogP contribution in [0.4, 0.5) is 9.59 Å². The quantitative estimate of drug-likeness (QED) is 0.465. The number of amidine groups is 1. The number of ether oxygens (including phenoxy) is 1. The Kier molecular flexibility index (Phi) is 7.41. The molecule has 0 aliphatic rings. The molecule has 0 unspecified atom stereocenters. The van der Waals surface area contributed by atoms with Crippen molar-refractivity contribution in [3.8, 4) is 0 Å². The molecular weight excluding hydrogens is 280 g/mol. The van der Waals surface area contributed by atoms with Gasteiger partial charge in [-0.15, -0.1) is 4.99 Å². The van der Waals surface area contributed by atoms with Crippen LogP contribution in [0.25, 0.3) is 0 Å². The van der Waals surface area contributed by atoms with Gasteiger partial charge in [-0.1, -0.05) is 0 Å². The van der Waals surface area contributed by atoms with Crippen molar-refractivity contribution in [3.05, 3.63) is 0 Å². The molecule has 0 heterocycles. The Morgan fingerprint density at radius 1 is 1.25 bits per heavy atom. The van der Waals surface area contributed by atoms with Crippen LogP contribution in [0.15, 0.2) is 4.99 Å². The molecule has 8 heteroatoms. The minimum atomic E-state index is -0.510. The highest BCUT2D eigenvalue weighted by atomic mass is 32.2. The predicted octanol–water partition coefficient (Wildman–Crippen LogP) is 2.19. The largest absolute Gasteiger partial charge is 0.462 e. The fourth-order valence-corrected chi connectivity index (χ4v) is 1.27. The van der Waals surface area contributed by atoms with E-state index >= 15 is 0 Å². The van der Waals surface area contributed by atoms with Crippen molar-refractivity contribution >= 4 is 30.0 Å². The molecule has 0 atom stereocenters. The maximum Gasteiger partial charge on any atom is 0.347 e. The van der Waals surface area contributed by atoms with Crippen molar-refractivity contribution in [2.45, 2.75) is 45.5 Å². The first-order valence-electron chi connectivity index (χ1n) is 6.23. The van der Waals surface area contributed by atoms with Gasteiger partial charge in [0.2, 0.25) is 0 Å². The van der Waals surface area contributed by atoms with Gasteiger partial charge in [0.15, 0.2) is 0 Å². The summed E-state index contributed by atoms with van der Waals surface area (Å²) in [6, 6.07) is -1.12. The van der Waals surface area contributed by atoms with E-state index in [4.69, 9.17) is 4.74 Å². The summed E-state index contributed by atoms with van der Waals surface area (Å²) in [6.07, 6.45) is -0.209. The predicted molar refractivity (Wildman–Crippen MR) is 81.8 cm³/mol. The van der Waals surface area contributed by atoms with E-state index in [9.17, 15) is 9.59 Å². The average Bonchev–Trinajstić information content (AvgIpc) is 2.24. The van der Waals surface area contributed by atoms with Crippen molar-refractivity contribution in [3.63, 3.8) is 0 Å². The number of rotatable bonds is 2. The van der Waals surface area contributed by atoms with E-state index < -0.39 is 12.1 Å². The third-order valence-electron chi connectivity index (χ3n) is 1.60. The molecule has 20 heavy (non-hydrogen) atoms. The minimum absolute atomic E-state index is 0.118. The number of nitrogens with zero attached hydrogens (tertiary/aromatic N) is 2. The molecule has 0 radical (unpaired) electrons. The molecule has 4 amide bonds. The molecule has 7 nitrogen and oxygen atoms in total. The highest BCUT2D eigenvalue weighted by Gasteiger charge is 2.16. The van der Waals surface area contributed by atoms with Crippen LogP contribution in [0.2, 0.25) is 0 Å². The van der Waals surface area contributed by atoms with Crippen molar-refractivity contribution in [2.24, 2.45) is 4.99 Å². The van der Waals surface area contributed by atoms with Gasteiger partial charge in [-0.3, -0.25) is 10.0 Å². The normalized spacial score (nSPS) is 12.1.